The summed E-state index contributed by atoms with van der Waals surface area (Å²) in [4.78, 5) is 16.3. The molecule has 0 unspecified atom stereocenters. The molecule has 2 amide bonds. The van der Waals surface area contributed by atoms with Gasteiger partial charge in [-0.15, -0.1) is 5.10 Å². The molecule has 0 saturated heterocycles. The Bertz CT molecular complexity index is 766. The molecule has 0 radical (unpaired) electrons. The second-order valence-electron chi connectivity index (χ2n) is 4.54. The number of carbonyl (C=O) groups excluding carboxylic acids is 1. The number of nitrogens with zero attached hydrogens (tertiary/aromatic N) is 3. The maximum atomic E-state index is 11.9. The largest absolute Gasteiger partial charge is 0.467 e. The maximum absolute atomic E-state index is 11.9. The van der Waals surface area contributed by atoms with Gasteiger partial charge >= 0.3 is 6.03 Å². The summed E-state index contributed by atoms with van der Waals surface area (Å²) in [5, 5.41) is 9.70. The number of aromatic nitrogens is 3. The Morgan fingerprint density at radius 1 is 1.41 bits per heavy atom. The van der Waals surface area contributed by atoms with Gasteiger partial charge in [-0.25, -0.2) is 14.3 Å². The number of carbonyl (C=O) groups is 1. The van der Waals surface area contributed by atoms with Crippen molar-refractivity contribution in [3.05, 3.63) is 48.3 Å². The van der Waals surface area contributed by atoms with Crippen LogP contribution in [0.3, 0.4) is 0 Å². The van der Waals surface area contributed by atoms with E-state index in [4.69, 9.17) is 9.15 Å². The van der Waals surface area contributed by atoms with E-state index in [1.807, 2.05) is 0 Å². The second kappa shape index (κ2) is 6.27. The molecule has 0 atom stereocenters. The van der Waals surface area contributed by atoms with Gasteiger partial charge in [0.15, 0.2) is 11.5 Å². The molecular weight excluding hydrogens is 286 g/mol. The number of fused-ring (bicyclic) bond motifs is 1. The number of urea groups is 1. The van der Waals surface area contributed by atoms with Crippen LogP contribution < -0.4 is 10.6 Å². The van der Waals surface area contributed by atoms with Crippen molar-refractivity contribution in [2.75, 3.05) is 12.4 Å². The van der Waals surface area contributed by atoms with Crippen molar-refractivity contribution in [2.45, 2.75) is 13.2 Å². The fourth-order valence-electron chi connectivity index (χ4n) is 1.99. The molecule has 0 aliphatic carbocycles. The molecule has 3 heterocycles. The first-order chi connectivity index (χ1) is 10.8. The maximum Gasteiger partial charge on any atom is 0.319 e. The highest BCUT2D eigenvalue weighted by Gasteiger charge is 2.10. The topological polar surface area (TPSA) is 93.7 Å². The van der Waals surface area contributed by atoms with Crippen molar-refractivity contribution in [2.24, 2.45) is 0 Å². The van der Waals surface area contributed by atoms with Gasteiger partial charge in [-0.05, 0) is 24.3 Å². The first kappa shape index (κ1) is 14.1. The number of furan rings is 1. The lowest BCUT2D eigenvalue weighted by atomic mass is 10.4. The van der Waals surface area contributed by atoms with Crippen LogP contribution in [-0.4, -0.2) is 27.7 Å². The number of hydrogen-bond donors (Lipinski definition) is 2. The summed E-state index contributed by atoms with van der Waals surface area (Å²) in [6.45, 7) is 0.620. The zero-order chi connectivity index (χ0) is 15.4. The normalized spacial score (nSPS) is 10.8. The van der Waals surface area contributed by atoms with E-state index in [0.29, 0.717) is 36.1 Å². The summed E-state index contributed by atoms with van der Waals surface area (Å²) in [5.41, 5.74) is 1.12. The Morgan fingerprint density at radius 3 is 3.09 bits per heavy atom. The molecule has 22 heavy (non-hydrogen) atoms. The SMILES string of the molecule is COCc1nc2c(NC(=O)NCc3ccco3)cccn2n1. The minimum absolute atomic E-state index is 0.309. The predicted molar refractivity (Wildman–Crippen MR) is 78.3 cm³/mol. The van der Waals surface area contributed by atoms with Gasteiger partial charge in [0.25, 0.3) is 0 Å². The van der Waals surface area contributed by atoms with Crippen LogP contribution in [0.5, 0.6) is 0 Å². The molecule has 3 aromatic rings. The van der Waals surface area contributed by atoms with E-state index in [0.717, 1.165) is 0 Å². The van der Waals surface area contributed by atoms with Gasteiger partial charge in [0.05, 0.1) is 18.5 Å². The summed E-state index contributed by atoms with van der Waals surface area (Å²) in [6.07, 6.45) is 3.32. The molecule has 3 rings (SSSR count). The van der Waals surface area contributed by atoms with Gasteiger partial charge < -0.3 is 19.8 Å². The van der Waals surface area contributed by atoms with Gasteiger partial charge in [0.2, 0.25) is 0 Å². The molecule has 0 saturated carbocycles. The molecule has 0 aliphatic rings. The fourth-order valence-corrected chi connectivity index (χ4v) is 1.99. The van der Waals surface area contributed by atoms with Crippen LogP contribution in [0.25, 0.3) is 5.65 Å². The summed E-state index contributed by atoms with van der Waals surface area (Å²) >= 11 is 0. The number of nitrogens with one attached hydrogen (secondary N) is 2. The average Bonchev–Trinajstić information content (AvgIpc) is 3.14. The highest BCUT2D eigenvalue weighted by atomic mass is 16.5. The molecule has 8 heteroatoms. The van der Waals surface area contributed by atoms with Crippen LogP contribution in [0, 0.1) is 0 Å². The second-order valence-corrected chi connectivity index (χ2v) is 4.54. The van der Waals surface area contributed by atoms with Crippen LogP contribution in [-0.2, 0) is 17.9 Å². The summed E-state index contributed by atoms with van der Waals surface area (Å²) in [6, 6.07) is 6.74. The minimum atomic E-state index is -0.346. The van der Waals surface area contributed by atoms with Crippen LogP contribution in [0.2, 0.25) is 0 Å². The molecule has 2 N–H and O–H groups in total. The molecule has 0 bridgehead atoms. The van der Waals surface area contributed by atoms with Crippen molar-refractivity contribution in [3.63, 3.8) is 0 Å². The summed E-state index contributed by atoms with van der Waals surface area (Å²) in [5.74, 6) is 1.23. The van der Waals surface area contributed by atoms with Crippen molar-refractivity contribution < 1.29 is 13.9 Å². The van der Waals surface area contributed by atoms with Crippen molar-refractivity contribution in [1.29, 1.82) is 0 Å². The van der Waals surface area contributed by atoms with Gasteiger partial charge in [-0.2, -0.15) is 0 Å². The van der Waals surface area contributed by atoms with E-state index < -0.39 is 0 Å². The van der Waals surface area contributed by atoms with Gasteiger partial charge in [0.1, 0.15) is 12.4 Å². The molecule has 0 fully saturated rings. The first-order valence-corrected chi connectivity index (χ1v) is 6.66. The quantitative estimate of drug-likeness (QED) is 0.749. The van der Waals surface area contributed by atoms with Crippen LogP contribution in [0.4, 0.5) is 10.5 Å². The van der Waals surface area contributed by atoms with E-state index in [-0.39, 0.29) is 6.03 Å². The molecule has 3 aromatic heterocycles. The summed E-state index contributed by atoms with van der Waals surface area (Å²) < 4.78 is 11.8. The lowest BCUT2D eigenvalue weighted by molar-refractivity contribution is 0.178. The fraction of sp³-hybridized carbons (Fsp3) is 0.214. The van der Waals surface area contributed by atoms with E-state index in [9.17, 15) is 4.79 Å². The Labute approximate surface area is 126 Å². The number of rotatable bonds is 5. The third-order valence-corrected chi connectivity index (χ3v) is 2.93. The van der Waals surface area contributed by atoms with E-state index in [1.54, 1.807) is 48.4 Å². The van der Waals surface area contributed by atoms with Crippen LogP contribution >= 0.6 is 0 Å². The molecule has 0 spiro atoms. The molecular formula is C14H15N5O3. The van der Waals surface area contributed by atoms with E-state index >= 15 is 0 Å². The number of amides is 2. The monoisotopic (exact) mass is 301 g/mol. The highest BCUT2D eigenvalue weighted by molar-refractivity contribution is 5.92. The number of ether oxygens (including phenoxy) is 1. The smallest absolute Gasteiger partial charge is 0.319 e. The Morgan fingerprint density at radius 2 is 2.32 bits per heavy atom. The number of pyridine rings is 1. The lowest BCUT2D eigenvalue weighted by Gasteiger charge is -2.06. The molecule has 0 aliphatic heterocycles. The Kier molecular flexibility index (Phi) is 4.01. The third-order valence-electron chi connectivity index (χ3n) is 2.93. The van der Waals surface area contributed by atoms with E-state index in [2.05, 4.69) is 20.7 Å². The third kappa shape index (κ3) is 3.07. The zero-order valence-corrected chi connectivity index (χ0v) is 11.9. The molecule has 8 nitrogen and oxygen atoms in total. The first-order valence-electron chi connectivity index (χ1n) is 6.66. The molecule has 0 aromatic carbocycles. The van der Waals surface area contributed by atoms with E-state index in [1.165, 1.54) is 0 Å². The van der Waals surface area contributed by atoms with Crippen LogP contribution in [0.1, 0.15) is 11.6 Å². The molecule has 114 valence electrons. The predicted octanol–water partition coefficient (Wildman–Crippen LogP) is 1.79. The average molecular weight is 301 g/mol. The van der Waals surface area contributed by atoms with Gasteiger partial charge in [-0.3, -0.25) is 0 Å². The standard InChI is InChI=1S/C14H15N5O3/c1-21-9-12-17-13-11(5-2-6-19(13)18-12)16-14(20)15-8-10-4-3-7-22-10/h2-7H,8-9H2,1H3,(H2,15,16,20). The van der Waals surface area contributed by atoms with Crippen LogP contribution in [0.15, 0.2) is 41.1 Å². The van der Waals surface area contributed by atoms with Crippen molar-refractivity contribution in [1.82, 2.24) is 19.9 Å². The Balaban J connectivity index is 1.71. The van der Waals surface area contributed by atoms with Crippen molar-refractivity contribution in [3.8, 4) is 0 Å². The Hall–Kier alpha value is -2.87. The van der Waals surface area contributed by atoms with Crippen molar-refractivity contribution >= 4 is 17.4 Å². The van der Waals surface area contributed by atoms with Gasteiger partial charge in [0, 0.05) is 13.3 Å². The van der Waals surface area contributed by atoms with Gasteiger partial charge in [-0.1, -0.05) is 0 Å². The minimum Gasteiger partial charge on any atom is -0.467 e. The summed E-state index contributed by atoms with van der Waals surface area (Å²) in [7, 11) is 1.58. The number of anilines is 1. The lowest BCUT2D eigenvalue weighted by Crippen LogP contribution is -2.28. The zero-order valence-electron chi connectivity index (χ0n) is 11.9. The highest BCUT2D eigenvalue weighted by Crippen LogP contribution is 2.14. The number of methoxy groups -OCH3 is 1. The number of hydrogen-bond acceptors (Lipinski definition) is 5.